The molecule has 1 atom stereocenters. The van der Waals surface area contributed by atoms with Crippen molar-refractivity contribution >= 4 is 23.2 Å². The minimum atomic E-state index is -0.0521. The second-order valence-electron chi connectivity index (χ2n) is 5.90. The zero-order valence-electron chi connectivity index (χ0n) is 12.1. The maximum atomic E-state index is 12.7. The quantitative estimate of drug-likeness (QED) is 0.849. The number of hydrogen-bond donors (Lipinski definition) is 1. The van der Waals surface area contributed by atoms with Crippen molar-refractivity contribution in [3.05, 3.63) is 23.0 Å². The Labute approximate surface area is 130 Å². The monoisotopic (exact) mass is 308 g/mol. The number of carbonyl (C=O) groups excluding carboxylic acids is 1. The Hall–Kier alpha value is -1.33. The summed E-state index contributed by atoms with van der Waals surface area (Å²) < 4.78 is 0. The first-order valence-corrected chi connectivity index (χ1v) is 7.97. The first-order valence-electron chi connectivity index (χ1n) is 7.59. The molecule has 2 fully saturated rings. The van der Waals surface area contributed by atoms with Gasteiger partial charge in [0.1, 0.15) is 5.15 Å². The van der Waals surface area contributed by atoms with Crippen LogP contribution in [0.15, 0.2) is 12.3 Å². The lowest BCUT2D eigenvalue weighted by Crippen LogP contribution is -2.49. The second-order valence-corrected chi connectivity index (χ2v) is 6.26. The Morgan fingerprint density at radius 1 is 1.29 bits per heavy atom. The van der Waals surface area contributed by atoms with Crippen molar-refractivity contribution in [2.75, 3.05) is 31.9 Å². The lowest BCUT2D eigenvalue weighted by Gasteiger charge is -2.37. The molecule has 1 aromatic rings. The van der Waals surface area contributed by atoms with Gasteiger partial charge in [-0.3, -0.25) is 9.69 Å². The third-order valence-corrected chi connectivity index (χ3v) is 4.73. The molecule has 0 radical (unpaired) electrons. The summed E-state index contributed by atoms with van der Waals surface area (Å²) in [5.74, 6) is -0.0521. The normalized spacial score (nSPS) is 23.5. The first kappa shape index (κ1) is 14.6. The van der Waals surface area contributed by atoms with Crippen LogP contribution in [0.2, 0.25) is 5.15 Å². The third-order valence-electron chi connectivity index (χ3n) is 4.43. The highest BCUT2D eigenvalue weighted by atomic mass is 35.5. The van der Waals surface area contributed by atoms with Crippen LogP contribution in [-0.2, 0) is 0 Å². The van der Waals surface area contributed by atoms with Crippen LogP contribution in [0.1, 0.15) is 36.0 Å². The number of likely N-dealkylation sites (tertiary alicyclic amines) is 2. The lowest BCUT2D eigenvalue weighted by atomic mass is 10.0. The summed E-state index contributed by atoms with van der Waals surface area (Å²) in [6.07, 6.45) is 6.24. The third kappa shape index (κ3) is 3.14. The van der Waals surface area contributed by atoms with Crippen LogP contribution in [0, 0.1) is 0 Å². The van der Waals surface area contributed by atoms with E-state index in [-0.39, 0.29) is 11.1 Å². The second kappa shape index (κ2) is 6.20. The van der Waals surface area contributed by atoms with Gasteiger partial charge in [-0.1, -0.05) is 11.6 Å². The molecule has 5 nitrogen and oxygen atoms in total. The largest absolute Gasteiger partial charge is 0.397 e. The van der Waals surface area contributed by atoms with Gasteiger partial charge in [0.2, 0.25) is 0 Å². The number of hydrogen-bond acceptors (Lipinski definition) is 4. The minimum absolute atomic E-state index is 0.0521. The molecule has 114 valence electrons. The van der Waals surface area contributed by atoms with E-state index in [4.69, 9.17) is 17.3 Å². The standard InChI is InChI=1S/C15H21ClN4O/c16-14-13(8-11(17)9-18-14)15(21)20-7-3-4-12(10-20)19-5-1-2-6-19/h8-9,12H,1-7,10,17H2. The molecule has 1 aromatic heterocycles. The molecule has 2 N–H and O–H groups in total. The molecular weight excluding hydrogens is 288 g/mol. The van der Waals surface area contributed by atoms with Gasteiger partial charge in [0.25, 0.3) is 5.91 Å². The van der Waals surface area contributed by atoms with Crippen LogP contribution in [0.5, 0.6) is 0 Å². The highest BCUT2D eigenvalue weighted by Crippen LogP contribution is 2.24. The highest BCUT2D eigenvalue weighted by molar-refractivity contribution is 6.32. The zero-order chi connectivity index (χ0) is 14.8. The molecule has 2 aliphatic heterocycles. The fourth-order valence-corrected chi connectivity index (χ4v) is 3.51. The number of carbonyl (C=O) groups is 1. The first-order chi connectivity index (χ1) is 10.1. The molecule has 0 aromatic carbocycles. The maximum absolute atomic E-state index is 12.7. The van der Waals surface area contributed by atoms with Gasteiger partial charge in [-0.25, -0.2) is 4.98 Å². The van der Waals surface area contributed by atoms with Crippen molar-refractivity contribution in [1.29, 1.82) is 0 Å². The average molecular weight is 309 g/mol. The van der Waals surface area contributed by atoms with E-state index in [2.05, 4.69) is 9.88 Å². The van der Waals surface area contributed by atoms with E-state index in [9.17, 15) is 4.79 Å². The topological polar surface area (TPSA) is 62.5 Å². The number of piperidine rings is 1. The fraction of sp³-hybridized carbons (Fsp3) is 0.600. The van der Waals surface area contributed by atoms with Crippen LogP contribution in [0.4, 0.5) is 5.69 Å². The fourth-order valence-electron chi connectivity index (χ4n) is 3.33. The van der Waals surface area contributed by atoms with E-state index in [0.29, 0.717) is 17.3 Å². The summed E-state index contributed by atoms with van der Waals surface area (Å²) in [6.45, 7) is 3.89. The van der Waals surface area contributed by atoms with Gasteiger partial charge in [0.15, 0.2) is 0 Å². The maximum Gasteiger partial charge on any atom is 0.257 e. The van der Waals surface area contributed by atoms with Crippen LogP contribution < -0.4 is 5.73 Å². The number of nitrogens with two attached hydrogens (primary N) is 1. The van der Waals surface area contributed by atoms with Gasteiger partial charge in [-0.2, -0.15) is 0 Å². The van der Waals surface area contributed by atoms with E-state index in [1.807, 2.05) is 4.90 Å². The summed E-state index contributed by atoms with van der Waals surface area (Å²) in [5.41, 5.74) is 6.61. The number of nitrogen functional groups attached to an aromatic ring is 1. The number of rotatable bonds is 2. The van der Waals surface area contributed by atoms with Crippen LogP contribution in [0.3, 0.4) is 0 Å². The molecule has 0 spiro atoms. The predicted molar refractivity (Wildman–Crippen MR) is 83.4 cm³/mol. The van der Waals surface area contributed by atoms with Crippen LogP contribution >= 0.6 is 11.6 Å². The molecule has 2 saturated heterocycles. The Kier molecular flexibility index (Phi) is 4.31. The summed E-state index contributed by atoms with van der Waals surface area (Å²) in [4.78, 5) is 21.0. The number of pyridine rings is 1. The van der Waals surface area contributed by atoms with Gasteiger partial charge in [-0.05, 0) is 44.8 Å². The Morgan fingerprint density at radius 3 is 2.81 bits per heavy atom. The summed E-state index contributed by atoms with van der Waals surface area (Å²) in [7, 11) is 0. The predicted octanol–water partition coefficient (Wildman–Crippen LogP) is 2.02. The van der Waals surface area contributed by atoms with Gasteiger partial charge in [0, 0.05) is 19.1 Å². The molecule has 1 amide bonds. The van der Waals surface area contributed by atoms with E-state index in [1.54, 1.807) is 6.07 Å². The number of amides is 1. The Balaban J connectivity index is 1.73. The van der Waals surface area contributed by atoms with E-state index in [0.717, 1.165) is 32.6 Å². The molecule has 3 rings (SSSR count). The molecule has 2 aliphatic rings. The van der Waals surface area contributed by atoms with Crippen molar-refractivity contribution in [2.24, 2.45) is 0 Å². The SMILES string of the molecule is Nc1cnc(Cl)c(C(=O)N2CCCC(N3CCCC3)C2)c1. The van der Waals surface area contributed by atoms with Crippen molar-refractivity contribution in [1.82, 2.24) is 14.8 Å². The average Bonchev–Trinajstić information content (AvgIpc) is 3.03. The number of halogens is 1. The Morgan fingerprint density at radius 2 is 2.05 bits per heavy atom. The number of anilines is 1. The number of aromatic nitrogens is 1. The van der Waals surface area contributed by atoms with Crippen molar-refractivity contribution in [3.8, 4) is 0 Å². The molecule has 0 saturated carbocycles. The molecule has 0 bridgehead atoms. The van der Waals surface area contributed by atoms with Gasteiger partial charge >= 0.3 is 0 Å². The molecule has 3 heterocycles. The lowest BCUT2D eigenvalue weighted by molar-refractivity contribution is 0.0607. The van der Waals surface area contributed by atoms with Gasteiger partial charge < -0.3 is 10.6 Å². The zero-order valence-corrected chi connectivity index (χ0v) is 12.9. The highest BCUT2D eigenvalue weighted by Gasteiger charge is 2.30. The van der Waals surface area contributed by atoms with Crippen LogP contribution in [0.25, 0.3) is 0 Å². The molecule has 0 aliphatic carbocycles. The van der Waals surface area contributed by atoms with Crippen molar-refractivity contribution < 1.29 is 4.79 Å². The van der Waals surface area contributed by atoms with Crippen molar-refractivity contribution in [2.45, 2.75) is 31.7 Å². The van der Waals surface area contributed by atoms with E-state index in [1.165, 1.54) is 25.5 Å². The molecular formula is C15H21ClN4O. The molecule has 21 heavy (non-hydrogen) atoms. The van der Waals surface area contributed by atoms with Gasteiger partial charge in [0.05, 0.1) is 17.4 Å². The van der Waals surface area contributed by atoms with E-state index < -0.39 is 0 Å². The van der Waals surface area contributed by atoms with Crippen molar-refractivity contribution in [3.63, 3.8) is 0 Å². The summed E-state index contributed by atoms with van der Waals surface area (Å²) in [6, 6.07) is 2.11. The summed E-state index contributed by atoms with van der Waals surface area (Å²) in [5, 5.41) is 0.234. The van der Waals surface area contributed by atoms with Crippen LogP contribution in [-0.4, -0.2) is 52.9 Å². The smallest absolute Gasteiger partial charge is 0.257 e. The summed E-state index contributed by atoms with van der Waals surface area (Å²) >= 11 is 6.05. The van der Waals surface area contributed by atoms with Gasteiger partial charge in [-0.15, -0.1) is 0 Å². The molecule has 6 heteroatoms. The number of nitrogens with zero attached hydrogens (tertiary/aromatic N) is 3. The molecule has 1 unspecified atom stereocenters. The minimum Gasteiger partial charge on any atom is -0.397 e. The Bertz CT molecular complexity index is 530. The van der Waals surface area contributed by atoms with E-state index >= 15 is 0 Å².